The summed E-state index contributed by atoms with van der Waals surface area (Å²) in [6.07, 6.45) is 1.80. The van der Waals surface area contributed by atoms with Gasteiger partial charge < -0.3 is 44.8 Å². The quantitative estimate of drug-likeness (QED) is 0.104. The molecule has 0 saturated carbocycles. The van der Waals surface area contributed by atoms with Gasteiger partial charge in [0.15, 0.2) is 0 Å². The Morgan fingerprint density at radius 3 is 1.91 bits per heavy atom. The number of hydrogen-bond acceptors (Lipinski definition) is 9. The molecule has 300 valence electrons. The summed E-state index contributed by atoms with van der Waals surface area (Å²) in [5.74, 6) is 0.470. The maximum absolute atomic E-state index is 13.7. The van der Waals surface area contributed by atoms with E-state index < -0.39 is 48.4 Å². The van der Waals surface area contributed by atoms with Crippen molar-refractivity contribution in [3.05, 3.63) is 72.6 Å². The van der Waals surface area contributed by atoms with E-state index in [2.05, 4.69) is 30.6 Å². The molecule has 5 rings (SSSR count). The lowest BCUT2D eigenvalue weighted by molar-refractivity contribution is -0.141. The van der Waals surface area contributed by atoms with Gasteiger partial charge in [0.25, 0.3) is 0 Å². The molecule has 3 heterocycles. The van der Waals surface area contributed by atoms with E-state index in [9.17, 15) is 24.3 Å². The highest BCUT2D eigenvalue weighted by Gasteiger charge is 2.41. The van der Waals surface area contributed by atoms with Crippen molar-refractivity contribution < 1.29 is 38.5 Å². The molecular weight excluding hydrogens is 720 g/mol. The van der Waals surface area contributed by atoms with Crippen LogP contribution in [0, 0.1) is 5.92 Å². The molecule has 4 amide bonds. The molecule has 0 bridgehead atoms. The van der Waals surface area contributed by atoms with E-state index in [4.69, 9.17) is 14.2 Å². The van der Waals surface area contributed by atoms with Gasteiger partial charge in [0, 0.05) is 27.8 Å². The number of aromatic amines is 2. The van der Waals surface area contributed by atoms with E-state index >= 15 is 0 Å². The van der Waals surface area contributed by atoms with Crippen LogP contribution in [0.1, 0.15) is 64.3 Å². The predicted octanol–water partition coefficient (Wildman–Crippen LogP) is 5.38. The summed E-state index contributed by atoms with van der Waals surface area (Å²) in [4.78, 5) is 69.3. The van der Waals surface area contributed by atoms with E-state index in [0.717, 1.165) is 45.0 Å². The Morgan fingerprint density at radius 1 is 0.821 bits per heavy atom. The zero-order valence-corrected chi connectivity index (χ0v) is 33.0. The number of H-pyrrole nitrogens is 2. The molecule has 4 aromatic rings. The van der Waals surface area contributed by atoms with Gasteiger partial charge in [-0.2, -0.15) is 0 Å². The van der Waals surface area contributed by atoms with E-state index in [-0.39, 0.29) is 17.9 Å². The maximum Gasteiger partial charge on any atom is 0.407 e. The first-order chi connectivity index (χ1) is 26.8. The van der Waals surface area contributed by atoms with Crippen LogP contribution in [0.3, 0.4) is 0 Å². The predicted molar refractivity (Wildman–Crippen MR) is 208 cm³/mol. The Morgan fingerprint density at radius 2 is 1.38 bits per heavy atom. The lowest BCUT2D eigenvalue weighted by Crippen LogP contribution is -2.54. The fraction of sp³-hybridized carbons (Fsp3) is 0.450. The summed E-state index contributed by atoms with van der Waals surface area (Å²) in [7, 11) is 5.54. The Labute approximate surface area is 326 Å². The molecule has 1 saturated heterocycles. The van der Waals surface area contributed by atoms with Gasteiger partial charge in [0.1, 0.15) is 23.7 Å². The van der Waals surface area contributed by atoms with Gasteiger partial charge in [-0.15, -0.1) is 0 Å². The number of hydrogen-bond donors (Lipinski definition) is 5. The molecule has 2 aromatic carbocycles. The van der Waals surface area contributed by atoms with Crippen LogP contribution in [0.25, 0.3) is 33.6 Å². The number of alkyl carbamates (subject to hydrolysis) is 1. The van der Waals surface area contributed by atoms with E-state index in [0.29, 0.717) is 24.6 Å². The van der Waals surface area contributed by atoms with Crippen molar-refractivity contribution in [2.45, 2.75) is 76.9 Å². The summed E-state index contributed by atoms with van der Waals surface area (Å²) in [5.41, 5.74) is 5.46. The van der Waals surface area contributed by atoms with Crippen LogP contribution in [0.15, 0.2) is 60.9 Å². The van der Waals surface area contributed by atoms with E-state index in [1.807, 2.05) is 62.4 Å². The van der Waals surface area contributed by atoms with Gasteiger partial charge in [0.2, 0.25) is 11.8 Å². The van der Waals surface area contributed by atoms with Crippen molar-refractivity contribution in [3.8, 4) is 33.6 Å². The van der Waals surface area contributed by atoms with Crippen molar-refractivity contribution in [2.24, 2.45) is 5.92 Å². The van der Waals surface area contributed by atoms with Crippen molar-refractivity contribution in [1.29, 1.82) is 0 Å². The second-order valence-electron chi connectivity index (χ2n) is 14.3. The topological polar surface area (TPSA) is 204 Å². The number of benzene rings is 2. The Balaban J connectivity index is 1.26. The fourth-order valence-corrected chi connectivity index (χ4v) is 6.90. The summed E-state index contributed by atoms with van der Waals surface area (Å²) >= 11 is 0. The summed E-state index contributed by atoms with van der Waals surface area (Å²) in [5, 5.41) is 15.2. The first kappa shape index (κ1) is 41.4. The monoisotopic (exact) mass is 772 g/mol. The first-order valence-corrected chi connectivity index (χ1v) is 18.6. The molecule has 16 heteroatoms. The van der Waals surface area contributed by atoms with Gasteiger partial charge in [-0.3, -0.25) is 14.5 Å². The molecule has 0 spiro atoms. The minimum absolute atomic E-state index is 0.0228. The lowest BCUT2D eigenvalue weighted by atomic mass is 10.0. The zero-order valence-electron chi connectivity index (χ0n) is 33.0. The molecule has 56 heavy (non-hydrogen) atoms. The van der Waals surface area contributed by atoms with Crippen LogP contribution in [0.5, 0.6) is 0 Å². The average molecular weight is 773 g/mol. The molecule has 5 N–H and O–H groups in total. The number of likely N-dealkylation sites (N-methyl/N-ethyl adjacent to an activating group) is 1. The number of carbonyl (C=O) groups is 4. The number of likely N-dealkylation sites (tertiary alicyclic amines) is 1. The number of methoxy groups -OCH3 is 3. The summed E-state index contributed by atoms with van der Waals surface area (Å²) in [6, 6.07) is 13.4. The first-order valence-electron chi connectivity index (χ1n) is 18.6. The van der Waals surface area contributed by atoms with Crippen molar-refractivity contribution in [3.63, 3.8) is 0 Å². The average Bonchev–Trinajstić information content (AvgIpc) is 4.00. The molecule has 0 radical (unpaired) electrons. The normalized spacial score (nSPS) is 16.8. The molecular formula is C40H52N8O8. The molecule has 0 aliphatic carbocycles. The van der Waals surface area contributed by atoms with Gasteiger partial charge >= 0.3 is 12.2 Å². The number of amides is 4. The van der Waals surface area contributed by atoms with Crippen molar-refractivity contribution >= 4 is 24.0 Å². The number of carboxylic acid groups (broad SMARTS) is 1. The number of imidazole rings is 2. The highest BCUT2D eigenvalue weighted by Crippen LogP contribution is 2.34. The Hall–Kier alpha value is -5.74. The number of ether oxygens (including phenoxy) is 3. The van der Waals surface area contributed by atoms with Crippen molar-refractivity contribution in [1.82, 2.24) is 40.4 Å². The van der Waals surface area contributed by atoms with E-state index in [1.165, 1.54) is 28.4 Å². The molecule has 0 unspecified atom stereocenters. The molecule has 2 aromatic heterocycles. The van der Waals surface area contributed by atoms with Crippen LogP contribution in [0.2, 0.25) is 0 Å². The number of nitrogens with zero attached hydrogens (tertiary/aromatic N) is 4. The second kappa shape index (κ2) is 18.3. The number of rotatable bonds is 15. The van der Waals surface area contributed by atoms with E-state index in [1.54, 1.807) is 31.1 Å². The highest BCUT2D eigenvalue weighted by molar-refractivity contribution is 5.87. The molecule has 1 fully saturated rings. The Kier molecular flexibility index (Phi) is 13.5. The van der Waals surface area contributed by atoms with Crippen LogP contribution >= 0.6 is 0 Å². The lowest BCUT2D eigenvalue weighted by Gasteiger charge is -2.34. The largest absolute Gasteiger partial charge is 0.465 e. The van der Waals surface area contributed by atoms with Gasteiger partial charge in [-0.1, -0.05) is 62.4 Å². The third kappa shape index (κ3) is 9.20. The number of nitrogens with one attached hydrogen (secondary N) is 4. The minimum atomic E-state index is -1.20. The van der Waals surface area contributed by atoms with Gasteiger partial charge in [0.05, 0.1) is 55.2 Å². The van der Waals surface area contributed by atoms with Crippen molar-refractivity contribution in [2.75, 3.05) is 34.9 Å². The van der Waals surface area contributed by atoms with Crippen LogP contribution in [0.4, 0.5) is 9.59 Å². The smallest absolute Gasteiger partial charge is 0.407 e. The van der Waals surface area contributed by atoms with Gasteiger partial charge in [-0.25, -0.2) is 19.6 Å². The standard InChI is InChI=1S/C40H52N8O8/c1-22(2)32(45-37(49)33(23(3)54-6)46-39(51)56-8)36-42-21-30(44-36)28-17-13-26(14-18-28)25-11-15-27(16-12-25)29-20-41-35(43-29)31-10-9-19-48(31)38(50)34(24(4)55-7)47(5)40(52)53/h11-18,20-24,31-34H,9-10,19H2,1-8H3,(H,41,43)(H,42,44)(H,45,49)(H,46,51)(H,52,53)/t23-,24-,31+,32-,33+,34+/m1/s1. The number of carbonyl (C=O) groups excluding carboxylic acids is 3. The van der Waals surface area contributed by atoms with Crippen LogP contribution < -0.4 is 10.6 Å². The maximum atomic E-state index is 13.7. The number of aromatic nitrogens is 4. The third-order valence-corrected chi connectivity index (χ3v) is 10.4. The zero-order chi connectivity index (χ0) is 40.7. The molecule has 16 nitrogen and oxygen atoms in total. The summed E-state index contributed by atoms with van der Waals surface area (Å²) < 4.78 is 15.4. The molecule has 6 atom stereocenters. The third-order valence-electron chi connectivity index (χ3n) is 10.4. The fourth-order valence-electron chi connectivity index (χ4n) is 6.90. The molecule has 1 aliphatic rings. The second-order valence-corrected chi connectivity index (χ2v) is 14.3. The summed E-state index contributed by atoms with van der Waals surface area (Å²) in [6.45, 7) is 7.81. The Bertz CT molecular complexity index is 1960. The van der Waals surface area contributed by atoms with Gasteiger partial charge in [-0.05, 0) is 54.9 Å². The van der Waals surface area contributed by atoms with Crippen LogP contribution in [-0.4, -0.2) is 118 Å². The molecule has 1 aliphatic heterocycles. The minimum Gasteiger partial charge on any atom is -0.465 e. The van der Waals surface area contributed by atoms with Crippen LogP contribution in [-0.2, 0) is 23.8 Å². The highest BCUT2D eigenvalue weighted by atomic mass is 16.5. The SMILES string of the molecule is COC(=O)N[C@H](C(=O)N[C@@H](c1ncc(-c2ccc(-c3ccc(-c4cnc([C@@H]5CCCN5C(=O)[C@H]([C@@H](C)OC)N(C)C(=O)O)[nH]4)cc3)cc2)[nH]1)C(C)C)[C@@H](C)OC.